The molecule has 3 N–H and O–H groups in total. The number of nitrogens with one attached hydrogen (secondary N) is 1. The summed E-state index contributed by atoms with van der Waals surface area (Å²) >= 11 is 0. The number of nitrogens with two attached hydrogens (primary N) is 1. The Morgan fingerprint density at radius 2 is 1.84 bits per heavy atom. The molecule has 1 rings (SSSR count). The van der Waals surface area contributed by atoms with Crippen LogP contribution in [-0.4, -0.2) is 24.8 Å². The standard InChI is InChI=1S/C15H30N2O2/c1-14(2,3)19-13(18)17-11-15(4,10-16)9-12-7-5-6-8-12/h12H,5-11,16H2,1-4H3,(H,17,18). The molecule has 112 valence electrons. The number of hydrogen-bond acceptors (Lipinski definition) is 3. The summed E-state index contributed by atoms with van der Waals surface area (Å²) in [6.07, 6.45) is 6.04. The molecule has 1 amide bonds. The molecule has 0 aromatic carbocycles. The number of carbonyl (C=O) groups is 1. The van der Waals surface area contributed by atoms with Crippen molar-refractivity contribution in [2.24, 2.45) is 17.1 Å². The molecule has 1 aliphatic carbocycles. The van der Waals surface area contributed by atoms with Gasteiger partial charge in [0, 0.05) is 6.54 Å². The quantitative estimate of drug-likeness (QED) is 0.807. The zero-order chi connectivity index (χ0) is 14.5. The van der Waals surface area contributed by atoms with Crippen LogP contribution in [0.4, 0.5) is 4.79 Å². The lowest BCUT2D eigenvalue weighted by molar-refractivity contribution is 0.0498. The molecule has 0 aromatic heterocycles. The number of amides is 1. The predicted molar refractivity (Wildman–Crippen MR) is 78.0 cm³/mol. The number of carbonyl (C=O) groups excluding carboxylic acids is 1. The summed E-state index contributed by atoms with van der Waals surface area (Å²) in [5.41, 5.74) is 5.43. The summed E-state index contributed by atoms with van der Waals surface area (Å²) in [6.45, 7) is 8.95. The van der Waals surface area contributed by atoms with Crippen LogP contribution in [0.25, 0.3) is 0 Å². The monoisotopic (exact) mass is 270 g/mol. The van der Waals surface area contributed by atoms with Gasteiger partial charge in [-0.1, -0.05) is 32.6 Å². The Kier molecular flexibility index (Phi) is 5.65. The molecule has 0 aromatic rings. The van der Waals surface area contributed by atoms with Crippen molar-refractivity contribution in [3.8, 4) is 0 Å². The van der Waals surface area contributed by atoms with Gasteiger partial charge in [0.25, 0.3) is 0 Å². The van der Waals surface area contributed by atoms with Crippen molar-refractivity contribution < 1.29 is 9.53 Å². The average Bonchev–Trinajstić information content (AvgIpc) is 2.77. The molecule has 1 atom stereocenters. The van der Waals surface area contributed by atoms with E-state index in [9.17, 15) is 4.79 Å². The molecule has 0 heterocycles. The first-order chi connectivity index (χ1) is 8.74. The van der Waals surface area contributed by atoms with Crippen LogP contribution in [0.5, 0.6) is 0 Å². The Balaban J connectivity index is 2.39. The molecule has 4 heteroatoms. The van der Waals surface area contributed by atoms with Gasteiger partial charge in [-0.05, 0) is 45.1 Å². The van der Waals surface area contributed by atoms with E-state index < -0.39 is 5.60 Å². The number of hydrogen-bond donors (Lipinski definition) is 2. The van der Waals surface area contributed by atoms with Crippen LogP contribution < -0.4 is 11.1 Å². The molecular weight excluding hydrogens is 240 g/mol. The molecule has 0 saturated heterocycles. The molecule has 19 heavy (non-hydrogen) atoms. The minimum atomic E-state index is -0.450. The summed E-state index contributed by atoms with van der Waals surface area (Å²) in [5, 5.41) is 2.86. The van der Waals surface area contributed by atoms with E-state index in [0.717, 1.165) is 12.3 Å². The average molecular weight is 270 g/mol. The van der Waals surface area contributed by atoms with Crippen LogP contribution in [0, 0.1) is 11.3 Å². The molecule has 0 bridgehead atoms. The van der Waals surface area contributed by atoms with Crippen molar-refractivity contribution in [1.29, 1.82) is 0 Å². The first kappa shape index (κ1) is 16.3. The topological polar surface area (TPSA) is 64.3 Å². The third kappa shape index (κ3) is 6.28. The van der Waals surface area contributed by atoms with Crippen LogP contribution in [0.3, 0.4) is 0 Å². The van der Waals surface area contributed by atoms with Crippen molar-refractivity contribution >= 4 is 6.09 Å². The van der Waals surface area contributed by atoms with Crippen molar-refractivity contribution in [1.82, 2.24) is 5.32 Å². The molecular formula is C15H30N2O2. The molecule has 0 radical (unpaired) electrons. The highest BCUT2D eigenvalue weighted by molar-refractivity contribution is 5.67. The highest BCUT2D eigenvalue weighted by Gasteiger charge is 2.29. The van der Waals surface area contributed by atoms with Gasteiger partial charge in [-0.3, -0.25) is 0 Å². The van der Waals surface area contributed by atoms with Gasteiger partial charge in [0.1, 0.15) is 5.60 Å². The molecule has 4 nitrogen and oxygen atoms in total. The van der Waals surface area contributed by atoms with Gasteiger partial charge in [-0.15, -0.1) is 0 Å². The largest absolute Gasteiger partial charge is 0.444 e. The first-order valence-electron chi connectivity index (χ1n) is 7.41. The Morgan fingerprint density at radius 3 is 2.32 bits per heavy atom. The van der Waals surface area contributed by atoms with Crippen molar-refractivity contribution in [2.75, 3.05) is 13.1 Å². The molecule has 0 aliphatic heterocycles. The third-order valence-corrected chi connectivity index (χ3v) is 3.81. The van der Waals surface area contributed by atoms with Gasteiger partial charge in [0.2, 0.25) is 0 Å². The fraction of sp³-hybridized carbons (Fsp3) is 0.933. The maximum Gasteiger partial charge on any atom is 0.407 e. The Hall–Kier alpha value is -0.770. The van der Waals surface area contributed by atoms with E-state index in [0.29, 0.717) is 13.1 Å². The van der Waals surface area contributed by atoms with E-state index in [4.69, 9.17) is 10.5 Å². The van der Waals surface area contributed by atoms with Crippen LogP contribution in [0.15, 0.2) is 0 Å². The molecule has 0 spiro atoms. The van der Waals surface area contributed by atoms with Crippen LogP contribution in [0.2, 0.25) is 0 Å². The first-order valence-corrected chi connectivity index (χ1v) is 7.41. The summed E-state index contributed by atoms with van der Waals surface area (Å²) < 4.78 is 5.26. The van der Waals surface area contributed by atoms with Crippen LogP contribution >= 0.6 is 0 Å². The highest BCUT2D eigenvalue weighted by atomic mass is 16.6. The van der Waals surface area contributed by atoms with Crippen LogP contribution in [0.1, 0.15) is 59.8 Å². The van der Waals surface area contributed by atoms with Gasteiger partial charge in [-0.25, -0.2) is 4.79 Å². The maximum absolute atomic E-state index is 11.7. The Labute approximate surface area is 117 Å². The molecule has 1 fully saturated rings. The lowest BCUT2D eigenvalue weighted by Crippen LogP contribution is -2.43. The van der Waals surface area contributed by atoms with E-state index >= 15 is 0 Å². The van der Waals surface area contributed by atoms with Gasteiger partial charge >= 0.3 is 6.09 Å². The number of ether oxygens (including phenoxy) is 1. The van der Waals surface area contributed by atoms with Crippen molar-refractivity contribution in [3.05, 3.63) is 0 Å². The van der Waals surface area contributed by atoms with Gasteiger partial charge in [0.05, 0.1) is 0 Å². The molecule has 1 unspecified atom stereocenters. The van der Waals surface area contributed by atoms with Crippen molar-refractivity contribution in [3.63, 3.8) is 0 Å². The lowest BCUT2D eigenvalue weighted by Gasteiger charge is -2.31. The van der Waals surface area contributed by atoms with Crippen LogP contribution in [-0.2, 0) is 4.74 Å². The molecule has 1 saturated carbocycles. The maximum atomic E-state index is 11.7. The zero-order valence-corrected chi connectivity index (χ0v) is 12.9. The lowest BCUT2D eigenvalue weighted by atomic mass is 9.80. The highest BCUT2D eigenvalue weighted by Crippen LogP contribution is 2.35. The second-order valence-corrected chi connectivity index (χ2v) is 7.22. The van der Waals surface area contributed by atoms with E-state index in [1.807, 2.05) is 20.8 Å². The second-order valence-electron chi connectivity index (χ2n) is 7.22. The van der Waals surface area contributed by atoms with E-state index in [1.54, 1.807) is 0 Å². The number of alkyl carbamates (subject to hydrolysis) is 1. The fourth-order valence-corrected chi connectivity index (χ4v) is 2.74. The fourth-order valence-electron chi connectivity index (χ4n) is 2.74. The smallest absolute Gasteiger partial charge is 0.407 e. The normalized spacial score (nSPS) is 20.1. The summed E-state index contributed by atoms with van der Waals surface area (Å²) in [5.74, 6) is 0.772. The minimum Gasteiger partial charge on any atom is -0.444 e. The van der Waals surface area contributed by atoms with Gasteiger partial charge in [-0.2, -0.15) is 0 Å². The van der Waals surface area contributed by atoms with E-state index in [-0.39, 0.29) is 11.5 Å². The zero-order valence-electron chi connectivity index (χ0n) is 12.9. The molecule has 1 aliphatic rings. The Bertz CT molecular complexity index is 293. The summed E-state index contributed by atoms with van der Waals surface area (Å²) in [6, 6.07) is 0. The third-order valence-electron chi connectivity index (χ3n) is 3.81. The summed E-state index contributed by atoms with van der Waals surface area (Å²) in [7, 11) is 0. The van der Waals surface area contributed by atoms with E-state index in [2.05, 4.69) is 12.2 Å². The number of rotatable bonds is 5. The SMILES string of the molecule is CC(CN)(CNC(=O)OC(C)(C)C)CC1CCCC1. The van der Waals surface area contributed by atoms with Gasteiger partial charge < -0.3 is 15.8 Å². The predicted octanol–water partition coefficient (Wildman–Crippen LogP) is 3.06. The van der Waals surface area contributed by atoms with Crippen molar-refractivity contribution in [2.45, 2.75) is 65.4 Å². The van der Waals surface area contributed by atoms with Gasteiger partial charge in [0.15, 0.2) is 0 Å². The van der Waals surface area contributed by atoms with E-state index in [1.165, 1.54) is 25.7 Å². The Morgan fingerprint density at radius 1 is 1.26 bits per heavy atom. The minimum absolute atomic E-state index is 0.0219. The summed E-state index contributed by atoms with van der Waals surface area (Å²) in [4.78, 5) is 11.7. The second kappa shape index (κ2) is 6.60.